The van der Waals surface area contributed by atoms with E-state index >= 15 is 0 Å². The lowest BCUT2D eigenvalue weighted by Crippen LogP contribution is -2.33. The van der Waals surface area contributed by atoms with Crippen molar-refractivity contribution in [1.29, 1.82) is 0 Å². The van der Waals surface area contributed by atoms with Gasteiger partial charge in [-0.15, -0.1) is 0 Å². The third-order valence-corrected chi connectivity index (χ3v) is 2.64. The first-order chi connectivity index (χ1) is 6.77. The molecule has 0 aliphatic carbocycles. The Labute approximate surface area is 88.2 Å². The molecule has 1 aliphatic rings. The van der Waals surface area contributed by atoms with Gasteiger partial charge < -0.3 is 15.8 Å². The zero-order valence-corrected chi connectivity index (χ0v) is 8.55. The molecule has 14 heavy (non-hydrogen) atoms. The predicted molar refractivity (Wildman–Crippen MR) is 57.4 cm³/mol. The number of morpholine rings is 1. The predicted octanol–water partition coefficient (Wildman–Crippen LogP) is 1.58. The minimum atomic E-state index is 0.0275. The van der Waals surface area contributed by atoms with Gasteiger partial charge in [0.15, 0.2) is 0 Å². The molecule has 0 aromatic heterocycles. The van der Waals surface area contributed by atoms with Gasteiger partial charge in [-0.05, 0) is 18.2 Å². The zero-order valence-electron chi connectivity index (χ0n) is 7.79. The average molecular weight is 213 g/mol. The molecule has 3 N–H and O–H groups in total. The second-order valence-corrected chi connectivity index (χ2v) is 3.75. The molecule has 1 aliphatic heterocycles. The fraction of sp³-hybridized carbons (Fsp3) is 0.400. The Hall–Kier alpha value is -0.770. The van der Waals surface area contributed by atoms with Crippen molar-refractivity contribution in [2.24, 2.45) is 0 Å². The van der Waals surface area contributed by atoms with E-state index < -0.39 is 0 Å². The monoisotopic (exact) mass is 212 g/mol. The highest BCUT2D eigenvalue weighted by atomic mass is 35.5. The molecule has 0 bridgehead atoms. The molecule has 1 unspecified atom stereocenters. The minimum absolute atomic E-state index is 0.0275. The highest BCUT2D eigenvalue weighted by Crippen LogP contribution is 2.28. The molecule has 2 rings (SSSR count). The lowest BCUT2D eigenvalue weighted by molar-refractivity contribution is 0.0278. The first kappa shape index (κ1) is 9.77. The molecule has 0 amide bonds. The first-order valence-electron chi connectivity index (χ1n) is 4.64. The number of hydrogen-bond donors (Lipinski definition) is 2. The Kier molecular flexibility index (Phi) is 2.91. The van der Waals surface area contributed by atoms with E-state index in [-0.39, 0.29) is 6.10 Å². The van der Waals surface area contributed by atoms with Crippen LogP contribution in [-0.2, 0) is 4.74 Å². The summed E-state index contributed by atoms with van der Waals surface area (Å²) in [6, 6.07) is 5.48. The van der Waals surface area contributed by atoms with E-state index in [1.165, 1.54) is 0 Å². The van der Waals surface area contributed by atoms with Crippen molar-refractivity contribution in [3.8, 4) is 0 Å². The molecule has 4 heteroatoms. The smallest absolute Gasteiger partial charge is 0.0964 e. The maximum atomic E-state index is 6.07. The molecule has 1 heterocycles. The Morgan fingerprint density at radius 3 is 3.07 bits per heavy atom. The zero-order chi connectivity index (χ0) is 9.97. The number of rotatable bonds is 1. The molecule has 1 saturated heterocycles. The van der Waals surface area contributed by atoms with Crippen molar-refractivity contribution >= 4 is 17.3 Å². The van der Waals surface area contributed by atoms with E-state index in [2.05, 4.69) is 5.32 Å². The second kappa shape index (κ2) is 4.17. The number of anilines is 1. The van der Waals surface area contributed by atoms with Crippen LogP contribution in [0.2, 0.25) is 5.02 Å². The standard InChI is InChI=1S/C10H13ClN2O/c11-9-2-1-7(12)5-8(9)10-6-13-3-4-14-10/h1-2,5,10,13H,3-4,6,12H2. The van der Waals surface area contributed by atoms with Gasteiger partial charge in [-0.1, -0.05) is 11.6 Å². The maximum Gasteiger partial charge on any atom is 0.0964 e. The van der Waals surface area contributed by atoms with Gasteiger partial charge in [0.25, 0.3) is 0 Å². The largest absolute Gasteiger partial charge is 0.399 e. The number of nitrogens with two attached hydrogens (primary N) is 1. The summed E-state index contributed by atoms with van der Waals surface area (Å²) < 4.78 is 5.60. The molecule has 0 saturated carbocycles. The Bertz CT molecular complexity index is 324. The highest BCUT2D eigenvalue weighted by molar-refractivity contribution is 6.31. The first-order valence-corrected chi connectivity index (χ1v) is 5.02. The number of hydrogen-bond acceptors (Lipinski definition) is 3. The van der Waals surface area contributed by atoms with Crippen molar-refractivity contribution < 1.29 is 4.74 Å². The fourth-order valence-corrected chi connectivity index (χ4v) is 1.81. The quantitative estimate of drug-likeness (QED) is 0.695. The van der Waals surface area contributed by atoms with E-state index in [0.29, 0.717) is 5.02 Å². The Balaban J connectivity index is 2.24. The summed E-state index contributed by atoms with van der Waals surface area (Å²) in [4.78, 5) is 0. The molecule has 3 nitrogen and oxygen atoms in total. The van der Waals surface area contributed by atoms with E-state index in [4.69, 9.17) is 22.1 Å². The average Bonchev–Trinajstić information content (AvgIpc) is 2.23. The molecule has 76 valence electrons. The van der Waals surface area contributed by atoms with Crippen LogP contribution in [0.15, 0.2) is 18.2 Å². The van der Waals surface area contributed by atoms with E-state index in [1.807, 2.05) is 12.1 Å². The number of halogens is 1. The van der Waals surface area contributed by atoms with Gasteiger partial charge in [0.1, 0.15) is 0 Å². The summed E-state index contributed by atoms with van der Waals surface area (Å²) in [7, 11) is 0. The summed E-state index contributed by atoms with van der Waals surface area (Å²) in [6.45, 7) is 2.41. The van der Waals surface area contributed by atoms with Gasteiger partial charge in [-0.3, -0.25) is 0 Å². The van der Waals surface area contributed by atoms with Crippen LogP contribution in [-0.4, -0.2) is 19.7 Å². The third kappa shape index (κ3) is 2.00. The van der Waals surface area contributed by atoms with Crippen LogP contribution in [0.3, 0.4) is 0 Å². The van der Waals surface area contributed by atoms with E-state index in [0.717, 1.165) is 30.9 Å². The summed E-state index contributed by atoms with van der Waals surface area (Å²) in [5.74, 6) is 0. The van der Waals surface area contributed by atoms with Gasteiger partial charge >= 0.3 is 0 Å². The second-order valence-electron chi connectivity index (χ2n) is 3.34. The van der Waals surface area contributed by atoms with Crippen LogP contribution >= 0.6 is 11.6 Å². The van der Waals surface area contributed by atoms with E-state index in [1.54, 1.807) is 6.07 Å². The molecule has 1 aromatic carbocycles. The fourth-order valence-electron chi connectivity index (χ4n) is 1.57. The van der Waals surface area contributed by atoms with Gasteiger partial charge in [0.2, 0.25) is 0 Å². The normalized spacial score (nSPS) is 22.2. The lowest BCUT2D eigenvalue weighted by atomic mass is 10.1. The summed E-state index contributed by atoms with van der Waals surface area (Å²) >= 11 is 6.07. The molecule has 1 aromatic rings. The van der Waals surface area contributed by atoms with Crippen molar-refractivity contribution in [1.82, 2.24) is 5.32 Å². The SMILES string of the molecule is Nc1ccc(Cl)c(C2CNCCO2)c1. The number of nitrogen functional groups attached to an aromatic ring is 1. The summed E-state index contributed by atoms with van der Waals surface area (Å²) in [5.41, 5.74) is 7.39. The summed E-state index contributed by atoms with van der Waals surface area (Å²) in [5, 5.41) is 3.97. The van der Waals surface area contributed by atoms with Crippen molar-refractivity contribution in [3.63, 3.8) is 0 Å². The van der Waals surface area contributed by atoms with Crippen LogP contribution in [0.1, 0.15) is 11.7 Å². The van der Waals surface area contributed by atoms with Crippen LogP contribution in [0.5, 0.6) is 0 Å². The molecule has 1 fully saturated rings. The van der Waals surface area contributed by atoms with Gasteiger partial charge in [0.05, 0.1) is 12.7 Å². The van der Waals surface area contributed by atoms with Crippen LogP contribution in [0, 0.1) is 0 Å². The topological polar surface area (TPSA) is 47.3 Å². The third-order valence-electron chi connectivity index (χ3n) is 2.29. The lowest BCUT2D eigenvalue weighted by Gasteiger charge is -2.24. The molecule has 0 spiro atoms. The molecular formula is C10H13ClN2O. The van der Waals surface area contributed by atoms with Crippen molar-refractivity contribution in [3.05, 3.63) is 28.8 Å². The molecular weight excluding hydrogens is 200 g/mol. The van der Waals surface area contributed by atoms with Crippen molar-refractivity contribution in [2.45, 2.75) is 6.10 Å². The van der Waals surface area contributed by atoms with Gasteiger partial charge in [-0.25, -0.2) is 0 Å². The van der Waals surface area contributed by atoms with Crippen molar-refractivity contribution in [2.75, 3.05) is 25.4 Å². The number of nitrogens with one attached hydrogen (secondary N) is 1. The van der Waals surface area contributed by atoms with Crippen LogP contribution in [0.25, 0.3) is 0 Å². The summed E-state index contributed by atoms with van der Waals surface area (Å²) in [6.07, 6.45) is 0.0275. The number of benzene rings is 1. The number of ether oxygens (including phenoxy) is 1. The van der Waals surface area contributed by atoms with Crippen LogP contribution in [0.4, 0.5) is 5.69 Å². The molecule has 1 atom stereocenters. The highest BCUT2D eigenvalue weighted by Gasteiger charge is 2.18. The van der Waals surface area contributed by atoms with E-state index in [9.17, 15) is 0 Å². The van der Waals surface area contributed by atoms with Gasteiger partial charge in [-0.2, -0.15) is 0 Å². The Morgan fingerprint density at radius 2 is 2.36 bits per heavy atom. The van der Waals surface area contributed by atoms with Gasteiger partial charge in [0, 0.05) is 29.4 Å². The Morgan fingerprint density at radius 1 is 1.50 bits per heavy atom. The maximum absolute atomic E-state index is 6.07. The molecule has 0 radical (unpaired) electrons. The van der Waals surface area contributed by atoms with Crippen LogP contribution < -0.4 is 11.1 Å². The minimum Gasteiger partial charge on any atom is -0.399 e.